The number of amides is 3. The van der Waals surface area contributed by atoms with E-state index in [9.17, 15) is 14.4 Å². The Hall–Kier alpha value is -6.02. The number of benzene rings is 2. The van der Waals surface area contributed by atoms with E-state index in [1.54, 1.807) is 22.1 Å². The van der Waals surface area contributed by atoms with Crippen LogP contribution < -0.4 is 16.4 Å². The van der Waals surface area contributed by atoms with Gasteiger partial charge in [-0.25, -0.2) is 9.79 Å². The molecule has 0 bridgehead atoms. The number of alkyl carbamates (subject to hydrolysis) is 1. The number of nitrogens with one attached hydrogen (secondary N) is 2. The molecule has 0 spiro atoms. The lowest BCUT2D eigenvalue weighted by molar-refractivity contribution is -0.139. The van der Waals surface area contributed by atoms with Crippen molar-refractivity contribution in [1.82, 2.24) is 20.4 Å². The minimum Gasteiger partial charge on any atom is -0.461 e. The first kappa shape index (κ1) is 36.4. The summed E-state index contributed by atoms with van der Waals surface area (Å²) in [6.45, 7) is 3.17. The van der Waals surface area contributed by atoms with Gasteiger partial charge in [-0.3, -0.25) is 14.9 Å². The Morgan fingerprint density at radius 3 is 2.65 bits per heavy atom. The van der Waals surface area contributed by atoms with Crippen molar-refractivity contribution in [1.29, 1.82) is 5.26 Å². The normalized spacial score (nSPS) is 16.8. The second-order valence-electron chi connectivity index (χ2n) is 10.7. The first-order valence-electron chi connectivity index (χ1n) is 15.2. The molecule has 0 saturated carbocycles. The monoisotopic (exact) mass is 656 g/mol. The van der Waals surface area contributed by atoms with Crippen LogP contribution in [0.25, 0.3) is 11.0 Å². The molecule has 4 N–H and O–H groups in total. The maximum atomic E-state index is 12.8. The SMILES string of the molecule is C#C.CO/N=C1/CN(C(=O)CN2CCCCCC2=O)CC1NC(=O)OCc1ccccc1.Cc1cc2cc(N=C(N)NC#N)ccc2o1. The number of likely N-dealkylation sites (tertiary alicyclic amines) is 2. The minimum atomic E-state index is -0.593. The summed E-state index contributed by atoms with van der Waals surface area (Å²) < 4.78 is 10.7. The zero-order chi connectivity index (χ0) is 34.9. The van der Waals surface area contributed by atoms with E-state index in [2.05, 4.69) is 33.6 Å². The van der Waals surface area contributed by atoms with E-state index in [1.165, 1.54) is 7.11 Å². The second-order valence-corrected chi connectivity index (χ2v) is 10.7. The van der Waals surface area contributed by atoms with Crippen molar-refractivity contribution >= 4 is 46.2 Å². The van der Waals surface area contributed by atoms with Gasteiger partial charge >= 0.3 is 6.09 Å². The van der Waals surface area contributed by atoms with Crippen LogP contribution in [0.1, 0.15) is 37.0 Å². The number of guanidine groups is 1. The predicted octanol–water partition coefficient (Wildman–Crippen LogP) is 3.54. The molecule has 2 fully saturated rings. The molecule has 2 saturated heterocycles. The van der Waals surface area contributed by atoms with Gasteiger partial charge in [0.25, 0.3) is 0 Å². The summed E-state index contributed by atoms with van der Waals surface area (Å²) in [5.41, 5.74) is 8.35. The molecule has 252 valence electrons. The minimum absolute atomic E-state index is 0.0185. The smallest absolute Gasteiger partial charge is 0.408 e. The van der Waals surface area contributed by atoms with Gasteiger partial charge in [-0.1, -0.05) is 41.9 Å². The Bertz CT molecular complexity index is 1660. The molecule has 5 rings (SSSR count). The molecule has 1 unspecified atom stereocenters. The fraction of sp³-hybridized carbons (Fsp3) is 0.353. The molecule has 1 atom stereocenters. The van der Waals surface area contributed by atoms with Crippen molar-refractivity contribution < 1.29 is 28.4 Å². The lowest BCUT2D eigenvalue weighted by Crippen LogP contribution is -2.44. The molecule has 0 aliphatic carbocycles. The maximum Gasteiger partial charge on any atom is 0.408 e. The molecule has 3 amide bonds. The van der Waals surface area contributed by atoms with Crippen LogP contribution in [0, 0.1) is 31.2 Å². The fourth-order valence-electron chi connectivity index (χ4n) is 5.06. The van der Waals surface area contributed by atoms with Crippen LogP contribution in [-0.2, 0) is 25.8 Å². The Kier molecular flexibility index (Phi) is 14.3. The van der Waals surface area contributed by atoms with Gasteiger partial charge in [-0.15, -0.1) is 12.8 Å². The summed E-state index contributed by atoms with van der Waals surface area (Å²) in [5, 5.41) is 18.3. The number of nitrogens with zero attached hydrogens (tertiary/aromatic N) is 5. The van der Waals surface area contributed by atoms with Gasteiger partial charge in [0, 0.05) is 24.9 Å². The number of hydrogen-bond acceptors (Lipinski definition) is 9. The summed E-state index contributed by atoms with van der Waals surface area (Å²) in [7, 11) is 1.41. The van der Waals surface area contributed by atoms with Crippen LogP contribution >= 0.6 is 0 Å². The number of nitrogens with two attached hydrogens (primary N) is 1. The van der Waals surface area contributed by atoms with Crippen molar-refractivity contribution in [2.24, 2.45) is 15.9 Å². The van der Waals surface area contributed by atoms with E-state index in [0.29, 0.717) is 24.4 Å². The second kappa shape index (κ2) is 18.8. The summed E-state index contributed by atoms with van der Waals surface area (Å²) in [4.78, 5) is 49.2. The van der Waals surface area contributed by atoms with Gasteiger partial charge < -0.3 is 34.8 Å². The van der Waals surface area contributed by atoms with Crippen molar-refractivity contribution in [3.8, 4) is 19.0 Å². The quantitative estimate of drug-likeness (QED) is 0.0854. The van der Waals surface area contributed by atoms with Gasteiger partial charge in [0.15, 0.2) is 6.19 Å². The molecular weight excluding hydrogens is 616 g/mol. The number of aryl methyl sites for hydroxylation is 1. The number of oxime groups is 1. The van der Waals surface area contributed by atoms with Crippen LogP contribution in [0.5, 0.6) is 0 Å². The fourth-order valence-corrected chi connectivity index (χ4v) is 5.06. The molecule has 0 radical (unpaired) electrons. The van der Waals surface area contributed by atoms with E-state index >= 15 is 0 Å². The number of ether oxygens (including phenoxy) is 1. The van der Waals surface area contributed by atoms with Crippen molar-refractivity contribution in [2.75, 3.05) is 33.3 Å². The van der Waals surface area contributed by atoms with Gasteiger partial charge in [0.1, 0.15) is 30.8 Å². The lowest BCUT2D eigenvalue weighted by Gasteiger charge is -2.23. The van der Waals surface area contributed by atoms with Crippen LogP contribution in [0.3, 0.4) is 0 Å². The average Bonchev–Trinajstić information content (AvgIpc) is 3.59. The topological polar surface area (TPSA) is 188 Å². The van der Waals surface area contributed by atoms with Gasteiger partial charge in [0.2, 0.25) is 17.8 Å². The molecule has 2 aliphatic rings. The number of nitriles is 1. The highest BCUT2D eigenvalue weighted by Crippen LogP contribution is 2.24. The van der Waals surface area contributed by atoms with E-state index in [-0.39, 0.29) is 44.0 Å². The van der Waals surface area contributed by atoms with Crippen LogP contribution in [-0.4, -0.2) is 78.7 Å². The lowest BCUT2D eigenvalue weighted by atomic mass is 10.2. The number of rotatable bonds is 7. The van der Waals surface area contributed by atoms with E-state index in [0.717, 1.165) is 41.6 Å². The molecule has 14 nitrogen and oxygen atoms in total. The third-order valence-corrected chi connectivity index (χ3v) is 7.28. The molecule has 48 heavy (non-hydrogen) atoms. The first-order chi connectivity index (χ1) is 23.2. The number of hydrogen-bond donors (Lipinski definition) is 3. The van der Waals surface area contributed by atoms with Crippen molar-refractivity contribution in [3.05, 3.63) is 65.9 Å². The average molecular weight is 657 g/mol. The molecule has 1 aromatic heterocycles. The molecule has 2 aliphatic heterocycles. The van der Waals surface area contributed by atoms with Crippen molar-refractivity contribution in [3.63, 3.8) is 0 Å². The highest BCUT2D eigenvalue weighted by Gasteiger charge is 2.35. The number of fused-ring (bicyclic) bond motifs is 1. The first-order valence-corrected chi connectivity index (χ1v) is 15.2. The Morgan fingerprint density at radius 1 is 1.15 bits per heavy atom. The van der Waals surface area contributed by atoms with Gasteiger partial charge in [-0.2, -0.15) is 5.26 Å². The number of carbonyl (C=O) groups is 3. The summed E-state index contributed by atoms with van der Waals surface area (Å²) in [5.74, 6) is 0.766. The van der Waals surface area contributed by atoms with Gasteiger partial charge in [0.05, 0.1) is 24.8 Å². The standard InChI is InChI=1S/C21H28N4O5.C11H10N4O.C2H2/c1-29-23-18-13-25(20(27)14-24-11-7-3-6-10-19(24)26)12-17(18)22-21(28)30-15-16-8-4-2-5-9-16;1-7-4-8-5-9(2-3-10(8)16-7)15-11(13)14-6-12;1-2/h2,4-5,8-9,17H,3,6-7,10-15H2,1H3,(H,22,28);2-5H,1H3,(H3,13,14,15);1-2H/b23-18-;;. The molecule has 3 aromatic rings. The molecule has 3 heterocycles. The third kappa shape index (κ3) is 11.1. The van der Waals surface area contributed by atoms with Crippen LogP contribution in [0.2, 0.25) is 0 Å². The molecule has 2 aromatic carbocycles. The Morgan fingerprint density at radius 2 is 1.92 bits per heavy atom. The van der Waals surface area contributed by atoms with Gasteiger partial charge in [-0.05, 0) is 49.6 Å². The van der Waals surface area contributed by atoms with Crippen molar-refractivity contribution in [2.45, 2.75) is 45.3 Å². The largest absolute Gasteiger partial charge is 0.461 e. The summed E-state index contributed by atoms with van der Waals surface area (Å²) >= 11 is 0. The molecular formula is C34H40N8O6. The third-order valence-electron chi connectivity index (χ3n) is 7.28. The number of carbonyl (C=O) groups excluding carboxylic acids is 3. The highest BCUT2D eigenvalue weighted by molar-refractivity contribution is 5.99. The predicted molar refractivity (Wildman–Crippen MR) is 180 cm³/mol. The highest BCUT2D eigenvalue weighted by atomic mass is 16.6. The summed E-state index contributed by atoms with van der Waals surface area (Å²) in [6, 6.07) is 16.2. The Labute approximate surface area is 279 Å². The summed E-state index contributed by atoms with van der Waals surface area (Å²) in [6.07, 6.45) is 12.4. The zero-order valence-electron chi connectivity index (χ0n) is 27.1. The number of aliphatic imine (C=N–C) groups is 1. The number of furan rings is 1. The number of terminal acetylenes is 1. The zero-order valence-corrected chi connectivity index (χ0v) is 27.1. The maximum absolute atomic E-state index is 12.8. The van der Waals surface area contributed by atoms with E-state index in [4.69, 9.17) is 25.0 Å². The Balaban J connectivity index is 0.000000291. The van der Waals surface area contributed by atoms with E-state index < -0.39 is 12.1 Å². The van der Waals surface area contributed by atoms with Crippen LogP contribution in [0.15, 0.2) is 69.2 Å². The van der Waals surface area contributed by atoms with E-state index in [1.807, 2.05) is 55.5 Å². The molecule has 14 heteroatoms. The van der Waals surface area contributed by atoms with Crippen LogP contribution in [0.4, 0.5) is 10.5 Å².